The third-order valence-electron chi connectivity index (χ3n) is 2.23. The molecule has 92 valence electrons. The Morgan fingerprint density at radius 3 is 2.44 bits per heavy atom. The van der Waals surface area contributed by atoms with Crippen LogP contribution in [0.25, 0.3) is 0 Å². The van der Waals surface area contributed by atoms with Crippen LogP contribution in [0.3, 0.4) is 0 Å². The molecule has 0 aliphatic rings. The van der Waals surface area contributed by atoms with Crippen molar-refractivity contribution in [2.24, 2.45) is 0 Å². The van der Waals surface area contributed by atoms with Gasteiger partial charge >= 0.3 is 5.97 Å². The van der Waals surface area contributed by atoms with Gasteiger partial charge in [0.15, 0.2) is 11.6 Å². The van der Waals surface area contributed by atoms with Gasteiger partial charge in [-0.15, -0.1) is 0 Å². The van der Waals surface area contributed by atoms with E-state index in [1.165, 1.54) is 24.3 Å². The van der Waals surface area contributed by atoms with E-state index in [4.69, 9.17) is 9.84 Å². The molecule has 0 bridgehead atoms. The van der Waals surface area contributed by atoms with Gasteiger partial charge in [-0.1, -0.05) is 12.1 Å². The van der Waals surface area contributed by atoms with Crippen molar-refractivity contribution in [2.75, 3.05) is 0 Å². The van der Waals surface area contributed by atoms with Gasteiger partial charge in [-0.05, 0) is 30.3 Å². The summed E-state index contributed by atoms with van der Waals surface area (Å²) in [4.78, 5) is 10.7. The van der Waals surface area contributed by atoms with Crippen LogP contribution in [0.15, 0.2) is 42.5 Å². The molecule has 0 unspecified atom stereocenters. The number of halogens is 2. The zero-order valence-corrected chi connectivity index (χ0v) is 9.06. The zero-order valence-electron chi connectivity index (χ0n) is 9.06. The molecule has 0 aliphatic carbocycles. The normalized spacial score (nSPS) is 10.1. The van der Waals surface area contributed by atoms with Gasteiger partial charge in [0.25, 0.3) is 0 Å². The topological polar surface area (TPSA) is 46.5 Å². The molecule has 0 aromatic heterocycles. The number of rotatable bonds is 3. The number of ether oxygens (including phenoxy) is 1. The van der Waals surface area contributed by atoms with Crippen molar-refractivity contribution in [2.45, 2.75) is 0 Å². The standard InChI is InChI=1S/C13H8F2O3/c14-10-6-5-8(7-9(10)13(16)17)18-12-4-2-1-3-11(12)15/h1-7H,(H,16,17). The molecule has 0 spiro atoms. The summed E-state index contributed by atoms with van der Waals surface area (Å²) in [6.45, 7) is 0. The Morgan fingerprint density at radius 2 is 1.78 bits per heavy atom. The molecule has 5 heteroatoms. The van der Waals surface area contributed by atoms with E-state index in [9.17, 15) is 13.6 Å². The summed E-state index contributed by atoms with van der Waals surface area (Å²) in [6, 6.07) is 8.85. The minimum atomic E-state index is -1.41. The molecule has 3 nitrogen and oxygen atoms in total. The van der Waals surface area contributed by atoms with E-state index in [0.29, 0.717) is 0 Å². The Morgan fingerprint density at radius 1 is 1.06 bits per heavy atom. The third-order valence-corrected chi connectivity index (χ3v) is 2.23. The van der Waals surface area contributed by atoms with Crippen molar-refractivity contribution >= 4 is 5.97 Å². The average molecular weight is 250 g/mol. The van der Waals surface area contributed by atoms with Gasteiger partial charge in [0, 0.05) is 0 Å². The second-order valence-corrected chi connectivity index (χ2v) is 3.48. The highest BCUT2D eigenvalue weighted by molar-refractivity contribution is 5.88. The summed E-state index contributed by atoms with van der Waals surface area (Å²) in [6.07, 6.45) is 0. The van der Waals surface area contributed by atoms with Gasteiger partial charge in [-0.2, -0.15) is 0 Å². The van der Waals surface area contributed by atoms with E-state index in [1.54, 1.807) is 6.07 Å². The van der Waals surface area contributed by atoms with Gasteiger partial charge < -0.3 is 9.84 Å². The first-order chi connectivity index (χ1) is 8.58. The van der Waals surface area contributed by atoms with Crippen LogP contribution in [0.2, 0.25) is 0 Å². The van der Waals surface area contributed by atoms with Gasteiger partial charge in [-0.25, -0.2) is 13.6 Å². The summed E-state index contributed by atoms with van der Waals surface area (Å²) in [5.41, 5.74) is -0.524. The Bertz CT molecular complexity index is 597. The fourth-order valence-electron chi connectivity index (χ4n) is 1.39. The average Bonchev–Trinajstić information content (AvgIpc) is 2.34. The molecule has 0 aliphatic heterocycles. The van der Waals surface area contributed by atoms with E-state index < -0.39 is 23.2 Å². The summed E-state index contributed by atoms with van der Waals surface area (Å²) in [5.74, 6) is -2.87. The van der Waals surface area contributed by atoms with E-state index >= 15 is 0 Å². The summed E-state index contributed by atoms with van der Waals surface area (Å²) < 4.78 is 31.6. The lowest BCUT2D eigenvalue weighted by Gasteiger charge is -2.07. The van der Waals surface area contributed by atoms with Crippen LogP contribution in [-0.4, -0.2) is 11.1 Å². The maximum atomic E-state index is 13.3. The predicted octanol–water partition coefficient (Wildman–Crippen LogP) is 3.46. The lowest BCUT2D eigenvalue weighted by Crippen LogP contribution is -2.00. The van der Waals surface area contributed by atoms with E-state index in [0.717, 1.165) is 12.1 Å². The summed E-state index contributed by atoms with van der Waals surface area (Å²) in [7, 11) is 0. The highest BCUT2D eigenvalue weighted by Crippen LogP contribution is 2.25. The molecule has 1 N–H and O–H groups in total. The lowest BCUT2D eigenvalue weighted by molar-refractivity contribution is 0.0691. The van der Waals surface area contributed by atoms with Crippen LogP contribution in [0.5, 0.6) is 11.5 Å². The number of aromatic carboxylic acids is 1. The molecule has 2 aromatic carbocycles. The molecule has 2 aromatic rings. The first kappa shape index (κ1) is 12.0. The van der Waals surface area contributed by atoms with Crippen LogP contribution >= 0.6 is 0 Å². The largest absolute Gasteiger partial charge is 0.478 e. The highest BCUT2D eigenvalue weighted by atomic mass is 19.1. The molecule has 0 heterocycles. The molecule has 0 radical (unpaired) electrons. The van der Waals surface area contributed by atoms with Crippen molar-refractivity contribution in [3.05, 3.63) is 59.7 Å². The quantitative estimate of drug-likeness (QED) is 0.907. The highest BCUT2D eigenvalue weighted by Gasteiger charge is 2.12. The number of carboxylic acid groups (broad SMARTS) is 1. The fourth-order valence-corrected chi connectivity index (χ4v) is 1.39. The van der Waals surface area contributed by atoms with Gasteiger partial charge in [-0.3, -0.25) is 0 Å². The van der Waals surface area contributed by atoms with Gasteiger partial charge in [0.05, 0.1) is 5.56 Å². The molecule has 18 heavy (non-hydrogen) atoms. The van der Waals surface area contributed by atoms with E-state index in [-0.39, 0.29) is 11.5 Å². The van der Waals surface area contributed by atoms with Crippen molar-refractivity contribution in [1.82, 2.24) is 0 Å². The van der Waals surface area contributed by atoms with E-state index in [2.05, 4.69) is 0 Å². The SMILES string of the molecule is O=C(O)c1cc(Oc2ccccc2F)ccc1F. The molecule has 0 atom stereocenters. The number of carbonyl (C=O) groups is 1. The maximum absolute atomic E-state index is 13.3. The molecule has 0 amide bonds. The number of hydrogen-bond acceptors (Lipinski definition) is 2. The van der Waals surface area contributed by atoms with Crippen LogP contribution < -0.4 is 4.74 Å². The summed E-state index contributed by atoms with van der Waals surface area (Å²) in [5, 5.41) is 8.74. The fraction of sp³-hybridized carbons (Fsp3) is 0. The van der Waals surface area contributed by atoms with Gasteiger partial charge in [0.2, 0.25) is 0 Å². The minimum Gasteiger partial charge on any atom is -0.478 e. The lowest BCUT2D eigenvalue weighted by atomic mass is 10.2. The summed E-state index contributed by atoms with van der Waals surface area (Å²) >= 11 is 0. The first-order valence-electron chi connectivity index (χ1n) is 5.03. The molecule has 0 fully saturated rings. The first-order valence-corrected chi connectivity index (χ1v) is 5.03. The second-order valence-electron chi connectivity index (χ2n) is 3.48. The van der Waals surface area contributed by atoms with Crippen molar-refractivity contribution in [3.63, 3.8) is 0 Å². The number of hydrogen-bond donors (Lipinski definition) is 1. The molecular weight excluding hydrogens is 242 g/mol. The predicted molar refractivity (Wildman–Crippen MR) is 59.8 cm³/mol. The van der Waals surface area contributed by atoms with Crippen molar-refractivity contribution in [3.8, 4) is 11.5 Å². The van der Waals surface area contributed by atoms with E-state index in [1.807, 2.05) is 0 Å². The Hall–Kier alpha value is -2.43. The smallest absolute Gasteiger partial charge is 0.338 e. The molecule has 0 saturated heterocycles. The molecule has 0 saturated carbocycles. The second kappa shape index (κ2) is 4.83. The monoisotopic (exact) mass is 250 g/mol. The minimum absolute atomic E-state index is 0.0545. The number of benzene rings is 2. The van der Waals surface area contributed by atoms with Gasteiger partial charge in [0.1, 0.15) is 11.6 Å². The molecule has 2 rings (SSSR count). The maximum Gasteiger partial charge on any atom is 0.338 e. The Kier molecular flexibility index (Phi) is 3.23. The van der Waals surface area contributed by atoms with Crippen LogP contribution in [0.4, 0.5) is 8.78 Å². The number of para-hydroxylation sites is 1. The van der Waals surface area contributed by atoms with Crippen LogP contribution in [0, 0.1) is 11.6 Å². The van der Waals surface area contributed by atoms with Crippen molar-refractivity contribution in [1.29, 1.82) is 0 Å². The molecular formula is C13H8F2O3. The Labute approximate surface area is 101 Å². The van der Waals surface area contributed by atoms with Crippen molar-refractivity contribution < 1.29 is 23.4 Å². The zero-order chi connectivity index (χ0) is 13.1. The number of carboxylic acids is 1. The third kappa shape index (κ3) is 2.45. The Balaban J connectivity index is 2.33. The van der Waals surface area contributed by atoms with Crippen LogP contribution in [-0.2, 0) is 0 Å². The van der Waals surface area contributed by atoms with Crippen LogP contribution in [0.1, 0.15) is 10.4 Å².